The molecular weight excluding hydrogens is 404 g/mol. The largest absolute Gasteiger partial charge is 0.467 e. The second-order valence-corrected chi connectivity index (χ2v) is 9.28. The van der Waals surface area contributed by atoms with Crippen molar-refractivity contribution >= 4 is 33.5 Å². The Hall–Kier alpha value is -1.64. The van der Waals surface area contributed by atoms with E-state index in [1.54, 1.807) is 0 Å². The number of ether oxygens (including phenoxy) is 1. The molecule has 28 heavy (non-hydrogen) atoms. The summed E-state index contributed by atoms with van der Waals surface area (Å²) in [5.41, 5.74) is 0.122. The number of carbonyl (C=O) groups excluding carboxylic acids is 2. The van der Waals surface area contributed by atoms with Gasteiger partial charge < -0.3 is 10.1 Å². The van der Waals surface area contributed by atoms with Gasteiger partial charge in [0.05, 0.1) is 12.1 Å². The first-order valence-electron chi connectivity index (χ1n) is 9.40. The number of nitrogens with one attached hydrogen (secondary N) is 1. The van der Waals surface area contributed by atoms with E-state index in [1.807, 2.05) is 13.8 Å². The number of rotatable bonds is 7. The third-order valence-electron chi connectivity index (χ3n) is 5.08. The third kappa shape index (κ3) is 5.04. The number of methoxy groups -OCH3 is 1. The molecule has 0 bridgehead atoms. The summed E-state index contributed by atoms with van der Waals surface area (Å²) in [7, 11) is -2.53. The number of carbonyl (C=O) groups is 2. The van der Waals surface area contributed by atoms with Crippen LogP contribution in [0.3, 0.4) is 0 Å². The van der Waals surface area contributed by atoms with Crippen molar-refractivity contribution in [1.82, 2.24) is 9.62 Å². The van der Waals surface area contributed by atoms with E-state index in [2.05, 4.69) is 5.32 Å². The Labute approximate surface area is 171 Å². The summed E-state index contributed by atoms with van der Waals surface area (Å²) in [6, 6.07) is 3.29. The molecule has 2 unspecified atom stereocenters. The predicted molar refractivity (Wildman–Crippen MR) is 107 cm³/mol. The van der Waals surface area contributed by atoms with Crippen LogP contribution in [0.2, 0.25) is 5.02 Å². The fourth-order valence-electron chi connectivity index (χ4n) is 3.11. The predicted octanol–water partition coefficient (Wildman–Crippen LogP) is 2.83. The van der Waals surface area contributed by atoms with Crippen molar-refractivity contribution in [2.45, 2.75) is 50.5 Å². The van der Waals surface area contributed by atoms with Gasteiger partial charge in [0, 0.05) is 18.7 Å². The van der Waals surface area contributed by atoms with Gasteiger partial charge in [0.15, 0.2) is 0 Å². The summed E-state index contributed by atoms with van der Waals surface area (Å²) in [6.07, 6.45) is 3.25. The van der Waals surface area contributed by atoms with E-state index in [0.29, 0.717) is 19.5 Å². The standard InChI is InChI=1S/C19H27ClN2O5S/c1-4-13(2)17(19(24)27-3)21-18(23)14-8-9-15(20)16(12-14)28(25,26)22-10-6-5-7-11-22/h8-9,12-13,17H,4-7,10-11H2,1-3H3,(H,21,23). The Bertz CT molecular complexity index is 822. The number of benzene rings is 1. The molecule has 0 saturated carbocycles. The first-order valence-corrected chi connectivity index (χ1v) is 11.2. The lowest BCUT2D eigenvalue weighted by Crippen LogP contribution is -2.45. The maximum Gasteiger partial charge on any atom is 0.328 e. The minimum atomic E-state index is -3.79. The Morgan fingerprint density at radius 2 is 1.89 bits per heavy atom. The first-order chi connectivity index (χ1) is 13.2. The lowest BCUT2D eigenvalue weighted by Gasteiger charge is -2.26. The fourth-order valence-corrected chi connectivity index (χ4v) is 5.12. The number of halogens is 1. The third-order valence-corrected chi connectivity index (χ3v) is 7.46. The van der Waals surface area contributed by atoms with Gasteiger partial charge in [-0.25, -0.2) is 13.2 Å². The van der Waals surface area contributed by atoms with E-state index in [1.165, 1.54) is 29.6 Å². The Kier molecular flexibility index (Phi) is 7.86. The number of hydrogen-bond donors (Lipinski definition) is 1. The molecule has 156 valence electrons. The molecule has 1 N–H and O–H groups in total. The van der Waals surface area contributed by atoms with Crippen molar-refractivity contribution in [1.29, 1.82) is 0 Å². The summed E-state index contributed by atoms with van der Waals surface area (Å²) in [6.45, 7) is 4.61. The summed E-state index contributed by atoms with van der Waals surface area (Å²) in [5.74, 6) is -1.24. The van der Waals surface area contributed by atoms with E-state index in [-0.39, 0.29) is 21.4 Å². The highest BCUT2D eigenvalue weighted by Crippen LogP contribution is 2.28. The van der Waals surface area contributed by atoms with Crippen molar-refractivity contribution in [3.63, 3.8) is 0 Å². The van der Waals surface area contributed by atoms with Crippen LogP contribution in [0.4, 0.5) is 0 Å². The molecule has 2 rings (SSSR count). The summed E-state index contributed by atoms with van der Waals surface area (Å²) in [4.78, 5) is 24.6. The highest BCUT2D eigenvalue weighted by molar-refractivity contribution is 7.89. The monoisotopic (exact) mass is 430 g/mol. The van der Waals surface area contributed by atoms with Crippen LogP contribution >= 0.6 is 11.6 Å². The summed E-state index contributed by atoms with van der Waals surface area (Å²) in [5, 5.41) is 2.71. The van der Waals surface area contributed by atoms with Crippen LogP contribution < -0.4 is 5.32 Å². The van der Waals surface area contributed by atoms with Crippen LogP contribution in [0, 0.1) is 5.92 Å². The van der Waals surface area contributed by atoms with Crippen molar-refractivity contribution in [2.75, 3.05) is 20.2 Å². The SMILES string of the molecule is CCC(C)C(NC(=O)c1ccc(Cl)c(S(=O)(=O)N2CCCCC2)c1)C(=O)OC. The van der Waals surface area contributed by atoms with E-state index in [0.717, 1.165) is 19.3 Å². The second kappa shape index (κ2) is 9.71. The molecule has 0 aromatic heterocycles. The number of hydrogen-bond acceptors (Lipinski definition) is 5. The van der Waals surface area contributed by atoms with Crippen LogP contribution in [0.5, 0.6) is 0 Å². The van der Waals surface area contributed by atoms with Gasteiger partial charge in [-0.05, 0) is 37.0 Å². The number of amides is 1. The molecule has 1 aliphatic heterocycles. The van der Waals surface area contributed by atoms with Gasteiger partial charge in [0.2, 0.25) is 10.0 Å². The minimum Gasteiger partial charge on any atom is -0.467 e. The Morgan fingerprint density at radius 3 is 2.46 bits per heavy atom. The molecule has 1 amide bonds. The van der Waals surface area contributed by atoms with Crippen molar-refractivity contribution in [3.8, 4) is 0 Å². The number of nitrogens with zero attached hydrogens (tertiary/aromatic N) is 1. The zero-order valence-electron chi connectivity index (χ0n) is 16.4. The van der Waals surface area contributed by atoms with Crippen LogP contribution in [-0.2, 0) is 19.6 Å². The zero-order chi connectivity index (χ0) is 20.9. The number of piperidine rings is 1. The average molecular weight is 431 g/mol. The fraction of sp³-hybridized carbons (Fsp3) is 0.579. The van der Waals surface area contributed by atoms with E-state index in [4.69, 9.17) is 16.3 Å². The number of esters is 1. The smallest absolute Gasteiger partial charge is 0.328 e. The molecule has 0 spiro atoms. The molecule has 0 radical (unpaired) electrons. The zero-order valence-corrected chi connectivity index (χ0v) is 18.0. The number of sulfonamides is 1. The molecule has 1 saturated heterocycles. The lowest BCUT2D eigenvalue weighted by molar-refractivity contribution is -0.144. The van der Waals surface area contributed by atoms with Crippen molar-refractivity contribution < 1.29 is 22.7 Å². The van der Waals surface area contributed by atoms with Crippen molar-refractivity contribution in [3.05, 3.63) is 28.8 Å². The van der Waals surface area contributed by atoms with E-state index >= 15 is 0 Å². The molecule has 1 aliphatic rings. The van der Waals surface area contributed by atoms with Crippen molar-refractivity contribution in [2.24, 2.45) is 5.92 Å². The van der Waals surface area contributed by atoms with Crippen LogP contribution in [0.1, 0.15) is 49.9 Å². The lowest BCUT2D eigenvalue weighted by atomic mass is 9.99. The molecular formula is C19H27ClN2O5S. The second-order valence-electron chi connectivity index (χ2n) is 6.97. The molecule has 1 heterocycles. The topological polar surface area (TPSA) is 92.8 Å². The van der Waals surface area contributed by atoms with E-state index in [9.17, 15) is 18.0 Å². The van der Waals surface area contributed by atoms with Gasteiger partial charge in [0.25, 0.3) is 5.91 Å². The molecule has 1 aromatic rings. The Balaban J connectivity index is 2.30. The maximum atomic E-state index is 12.9. The van der Waals surface area contributed by atoms with Crippen LogP contribution in [-0.4, -0.2) is 50.8 Å². The van der Waals surface area contributed by atoms with Crippen LogP contribution in [0.25, 0.3) is 0 Å². The molecule has 1 aromatic carbocycles. The maximum absolute atomic E-state index is 12.9. The van der Waals surface area contributed by atoms with Gasteiger partial charge in [0.1, 0.15) is 10.9 Å². The molecule has 7 nitrogen and oxygen atoms in total. The average Bonchev–Trinajstić information content (AvgIpc) is 2.71. The Morgan fingerprint density at radius 1 is 1.25 bits per heavy atom. The first kappa shape index (κ1) is 22.6. The summed E-state index contributed by atoms with van der Waals surface area (Å²) >= 11 is 6.14. The minimum absolute atomic E-state index is 0.0635. The van der Waals surface area contributed by atoms with Crippen LogP contribution in [0.15, 0.2) is 23.1 Å². The molecule has 2 atom stereocenters. The van der Waals surface area contributed by atoms with E-state index < -0.39 is 27.9 Å². The molecule has 0 aliphatic carbocycles. The molecule has 9 heteroatoms. The normalized spacial score (nSPS) is 17.6. The van der Waals surface area contributed by atoms with Gasteiger partial charge in [-0.3, -0.25) is 4.79 Å². The quantitative estimate of drug-likeness (QED) is 0.671. The highest BCUT2D eigenvalue weighted by atomic mass is 35.5. The van der Waals surface area contributed by atoms with Gasteiger partial charge in [-0.1, -0.05) is 38.3 Å². The van der Waals surface area contributed by atoms with Gasteiger partial charge in [-0.2, -0.15) is 4.31 Å². The molecule has 1 fully saturated rings. The highest BCUT2D eigenvalue weighted by Gasteiger charge is 2.30. The van der Waals surface area contributed by atoms with Gasteiger partial charge in [-0.15, -0.1) is 0 Å². The van der Waals surface area contributed by atoms with Gasteiger partial charge >= 0.3 is 5.97 Å². The summed E-state index contributed by atoms with van der Waals surface area (Å²) < 4.78 is 32.1.